The van der Waals surface area contributed by atoms with Gasteiger partial charge in [0.1, 0.15) is 12.4 Å². The molecule has 0 amide bonds. The average molecular weight is 388 g/mol. The molecule has 0 fully saturated rings. The Bertz CT molecular complexity index is 1070. The van der Waals surface area contributed by atoms with Crippen molar-refractivity contribution in [1.29, 1.82) is 0 Å². The van der Waals surface area contributed by atoms with E-state index in [1.165, 1.54) is 16.3 Å². The summed E-state index contributed by atoms with van der Waals surface area (Å²) in [5.41, 5.74) is 4.60. The summed E-state index contributed by atoms with van der Waals surface area (Å²) in [5, 5.41) is 6.63. The van der Waals surface area contributed by atoms with Gasteiger partial charge in [-0.2, -0.15) is 0 Å². The second kappa shape index (κ2) is 8.37. The number of aryl methyl sites for hydroxylation is 1. The van der Waals surface area contributed by atoms with Crippen LogP contribution in [0.25, 0.3) is 10.8 Å². The van der Waals surface area contributed by atoms with Crippen LogP contribution in [0, 0.1) is 6.92 Å². The molecule has 2 nitrogen and oxygen atoms in total. The Labute approximate surface area is 170 Å². The second-order valence-electron chi connectivity index (χ2n) is 6.90. The highest BCUT2D eigenvalue weighted by Crippen LogP contribution is 2.30. The molecular formula is C25H22ClNO. The number of hydrogen-bond acceptors (Lipinski definition) is 2. The molecule has 0 atom stereocenters. The number of nitrogens with one attached hydrogen (secondary N) is 1. The van der Waals surface area contributed by atoms with Crippen molar-refractivity contribution in [3.8, 4) is 5.75 Å². The fourth-order valence-electron chi connectivity index (χ4n) is 3.24. The lowest BCUT2D eigenvalue weighted by atomic mass is 10.0. The van der Waals surface area contributed by atoms with Crippen LogP contribution in [-0.4, -0.2) is 0 Å². The zero-order valence-corrected chi connectivity index (χ0v) is 16.5. The van der Waals surface area contributed by atoms with E-state index in [9.17, 15) is 0 Å². The Kier molecular flexibility index (Phi) is 5.50. The zero-order chi connectivity index (χ0) is 19.3. The van der Waals surface area contributed by atoms with Gasteiger partial charge in [0, 0.05) is 22.8 Å². The van der Waals surface area contributed by atoms with Crippen LogP contribution < -0.4 is 10.1 Å². The lowest BCUT2D eigenvalue weighted by Gasteiger charge is -2.16. The number of rotatable bonds is 6. The highest BCUT2D eigenvalue weighted by Gasteiger charge is 2.09. The molecular weight excluding hydrogens is 366 g/mol. The topological polar surface area (TPSA) is 21.3 Å². The molecule has 0 aliphatic heterocycles. The van der Waals surface area contributed by atoms with Crippen molar-refractivity contribution < 1.29 is 4.74 Å². The Hall–Kier alpha value is -2.97. The molecule has 0 aromatic heterocycles. The normalized spacial score (nSPS) is 10.8. The number of hydrogen-bond donors (Lipinski definition) is 1. The number of ether oxygens (including phenoxy) is 1. The van der Waals surface area contributed by atoms with E-state index in [0.29, 0.717) is 13.2 Å². The van der Waals surface area contributed by atoms with Crippen LogP contribution >= 0.6 is 11.6 Å². The summed E-state index contributed by atoms with van der Waals surface area (Å²) in [6.45, 7) is 3.31. The Balaban J connectivity index is 1.60. The molecule has 4 aromatic carbocycles. The first-order valence-electron chi connectivity index (χ1n) is 9.37. The zero-order valence-electron chi connectivity index (χ0n) is 15.8. The van der Waals surface area contributed by atoms with Crippen LogP contribution in [0.2, 0.25) is 5.02 Å². The third-order valence-corrected chi connectivity index (χ3v) is 5.08. The highest BCUT2D eigenvalue weighted by atomic mass is 35.5. The third-order valence-electron chi connectivity index (χ3n) is 4.83. The van der Waals surface area contributed by atoms with Crippen molar-refractivity contribution >= 4 is 28.1 Å². The van der Waals surface area contributed by atoms with Crippen molar-refractivity contribution in [3.05, 3.63) is 107 Å². The fraction of sp³-hybridized carbons (Fsp3) is 0.120. The van der Waals surface area contributed by atoms with Crippen molar-refractivity contribution in [2.24, 2.45) is 0 Å². The Morgan fingerprint density at radius 2 is 1.57 bits per heavy atom. The van der Waals surface area contributed by atoms with Gasteiger partial charge in [-0.3, -0.25) is 0 Å². The van der Waals surface area contributed by atoms with Crippen molar-refractivity contribution in [2.45, 2.75) is 20.1 Å². The summed E-state index contributed by atoms with van der Waals surface area (Å²) in [4.78, 5) is 0. The van der Waals surface area contributed by atoms with Crippen LogP contribution in [0.1, 0.15) is 16.7 Å². The standard InChI is InChI=1S/C25H22ClNO/c1-18-6-8-19(9-7-18)17-28-25-15-10-20-4-2-3-5-23(20)24(25)16-27-22-13-11-21(26)12-14-22/h2-15,27H,16-17H2,1H3. The van der Waals surface area contributed by atoms with Gasteiger partial charge < -0.3 is 10.1 Å². The monoisotopic (exact) mass is 387 g/mol. The van der Waals surface area contributed by atoms with E-state index in [1.807, 2.05) is 24.3 Å². The predicted octanol–water partition coefficient (Wildman–Crippen LogP) is 6.99. The first-order valence-corrected chi connectivity index (χ1v) is 9.75. The quantitative estimate of drug-likeness (QED) is 0.384. The third kappa shape index (κ3) is 4.29. The van der Waals surface area contributed by atoms with E-state index in [-0.39, 0.29) is 0 Å². The maximum Gasteiger partial charge on any atom is 0.125 e. The minimum atomic E-state index is 0.548. The summed E-state index contributed by atoms with van der Waals surface area (Å²) >= 11 is 5.99. The molecule has 4 rings (SSSR count). The van der Waals surface area contributed by atoms with Crippen LogP contribution in [0.5, 0.6) is 5.75 Å². The van der Waals surface area contributed by atoms with Crippen LogP contribution in [0.3, 0.4) is 0 Å². The van der Waals surface area contributed by atoms with E-state index < -0.39 is 0 Å². The molecule has 0 radical (unpaired) electrons. The van der Waals surface area contributed by atoms with Gasteiger partial charge in [-0.15, -0.1) is 0 Å². The van der Waals surface area contributed by atoms with Crippen LogP contribution in [0.15, 0.2) is 84.9 Å². The first-order chi connectivity index (χ1) is 13.7. The number of benzene rings is 4. The minimum absolute atomic E-state index is 0.548. The lowest BCUT2D eigenvalue weighted by Crippen LogP contribution is -2.04. The molecule has 28 heavy (non-hydrogen) atoms. The molecule has 0 saturated carbocycles. The number of anilines is 1. The van der Waals surface area contributed by atoms with E-state index in [2.05, 4.69) is 72.9 Å². The molecule has 4 aromatic rings. The molecule has 140 valence electrons. The second-order valence-corrected chi connectivity index (χ2v) is 7.33. The minimum Gasteiger partial charge on any atom is -0.489 e. The molecule has 0 aliphatic carbocycles. The van der Waals surface area contributed by atoms with E-state index >= 15 is 0 Å². The molecule has 1 N–H and O–H groups in total. The largest absolute Gasteiger partial charge is 0.489 e. The number of fused-ring (bicyclic) bond motifs is 1. The molecule has 0 heterocycles. The first kappa shape index (κ1) is 18.4. The Morgan fingerprint density at radius 3 is 2.36 bits per heavy atom. The molecule has 0 bridgehead atoms. The maximum atomic E-state index is 6.22. The summed E-state index contributed by atoms with van der Waals surface area (Å²) in [7, 11) is 0. The molecule has 0 unspecified atom stereocenters. The van der Waals surface area contributed by atoms with Gasteiger partial charge in [-0.25, -0.2) is 0 Å². The van der Waals surface area contributed by atoms with Crippen molar-refractivity contribution in [1.82, 2.24) is 0 Å². The number of halogens is 1. The van der Waals surface area contributed by atoms with E-state index in [0.717, 1.165) is 27.6 Å². The summed E-state index contributed by atoms with van der Waals surface area (Å²) < 4.78 is 6.22. The average Bonchev–Trinajstić information content (AvgIpc) is 2.73. The highest BCUT2D eigenvalue weighted by molar-refractivity contribution is 6.30. The van der Waals surface area contributed by atoms with Crippen molar-refractivity contribution in [2.75, 3.05) is 5.32 Å². The van der Waals surface area contributed by atoms with Gasteiger partial charge >= 0.3 is 0 Å². The predicted molar refractivity (Wildman–Crippen MR) is 118 cm³/mol. The Morgan fingerprint density at radius 1 is 0.821 bits per heavy atom. The van der Waals surface area contributed by atoms with E-state index in [1.54, 1.807) is 0 Å². The van der Waals surface area contributed by atoms with E-state index in [4.69, 9.17) is 16.3 Å². The summed E-state index contributed by atoms with van der Waals surface area (Å²) in [5.74, 6) is 0.903. The van der Waals surface area contributed by atoms with Gasteiger partial charge in [-0.05, 0) is 53.6 Å². The maximum absolute atomic E-state index is 6.22. The molecule has 3 heteroatoms. The van der Waals surface area contributed by atoms with Gasteiger partial charge in [0.15, 0.2) is 0 Å². The van der Waals surface area contributed by atoms with Gasteiger partial charge in [0.2, 0.25) is 0 Å². The van der Waals surface area contributed by atoms with Crippen LogP contribution in [0.4, 0.5) is 5.69 Å². The fourth-order valence-corrected chi connectivity index (χ4v) is 3.36. The van der Waals surface area contributed by atoms with Gasteiger partial charge in [0.25, 0.3) is 0 Å². The van der Waals surface area contributed by atoms with Crippen molar-refractivity contribution in [3.63, 3.8) is 0 Å². The lowest BCUT2D eigenvalue weighted by molar-refractivity contribution is 0.304. The van der Waals surface area contributed by atoms with Gasteiger partial charge in [0.05, 0.1) is 0 Å². The molecule has 0 spiro atoms. The smallest absolute Gasteiger partial charge is 0.125 e. The molecule has 0 aliphatic rings. The van der Waals surface area contributed by atoms with Gasteiger partial charge in [-0.1, -0.05) is 71.8 Å². The SMILES string of the molecule is Cc1ccc(COc2ccc3ccccc3c2CNc2ccc(Cl)cc2)cc1. The summed E-state index contributed by atoms with van der Waals surface area (Å²) in [6, 6.07) is 28.8. The van der Waals surface area contributed by atoms with Crippen LogP contribution in [-0.2, 0) is 13.2 Å². The summed E-state index contributed by atoms with van der Waals surface area (Å²) in [6.07, 6.45) is 0. The molecule has 0 saturated heterocycles.